The van der Waals surface area contributed by atoms with E-state index in [0.717, 1.165) is 44.7 Å². The van der Waals surface area contributed by atoms with Gasteiger partial charge < -0.3 is 4.90 Å². The summed E-state index contributed by atoms with van der Waals surface area (Å²) in [4.78, 5) is 27.2. The van der Waals surface area contributed by atoms with E-state index in [9.17, 15) is 4.79 Å². The molecule has 3 fully saturated rings. The van der Waals surface area contributed by atoms with E-state index in [1.54, 1.807) is 11.3 Å². The SMILES string of the molecule is Cc1ncsc1CCC(=O)N1C[C@H]2CC[C@@H]1CN(Cc1ccncc1)C2. The number of thiazole rings is 1. The fourth-order valence-corrected chi connectivity index (χ4v) is 5.07. The summed E-state index contributed by atoms with van der Waals surface area (Å²) in [6.07, 6.45) is 7.54. The van der Waals surface area contributed by atoms with Crippen LogP contribution in [0.3, 0.4) is 0 Å². The van der Waals surface area contributed by atoms with Crippen LogP contribution in [-0.2, 0) is 17.8 Å². The van der Waals surface area contributed by atoms with Crippen LogP contribution < -0.4 is 0 Å². The molecule has 3 aliphatic heterocycles. The van der Waals surface area contributed by atoms with Crippen LogP contribution >= 0.6 is 11.3 Å². The highest BCUT2D eigenvalue weighted by Gasteiger charge is 2.36. The molecule has 3 aliphatic rings. The molecule has 0 aromatic carbocycles. The van der Waals surface area contributed by atoms with E-state index in [1.165, 1.54) is 16.9 Å². The molecule has 138 valence electrons. The van der Waals surface area contributed by atoms with Gasteiger partial charge in [0.05, 0.1) is 11.2 Å². The Morgan fingerprint density at radius 3 is 2.85 bits per heavy atom. The van der Waals surface area contributed by atoms with Crippen molar-refractivity contribution in [2.24, 2.45) is 5.92 Å². The summed E-state index contributed by atoms with van der Waals surface area (Å²) in [5.74, 6) is 0.919. The number of hydrogen-bond acceptors (Lipinski definition) is 5. The van der Waals surface area contributed by atoms with E-state index in [2.05, 4.69) is 31.9 Å². The molecule has 0 aliphatic carbocycles. The van der Waals surface area contributed by atoms with Gasteiger partial charge in [0.1, 0.15) is 0 Å². The maximum absolute atomic E-state index is 12.9. The Morgan fingerprint density at radius 1 is 1.23 bits per heavy atom. The number of carbonyl (C=O) groups is 1. The van der Waals surface area contributed by atoms with Crippen molar-refractivity contribution in [3.8, 4) is 0 Å². The third-order valence-corrected chi connectivity index (χ3v) is 6.67. The molecule has 0 spiro atoms. The first-order valence-electron chi connectivity index (χ1n) is 9.48. The smallest absolute Gasteiger partial charge is 0.223 e. The van der Waals surface area contributed by atoms with Crippen LogP contribution in [-0.4, -0.2) is 51.4 Å². The van der Waals surface area contributed by atoms with E-state index < -0.39 is 0 Å². The van der Waals surface area contributed by atoms with E-state index in [-0.39, 0.29) is 0 Å². The molecule has 0 radical (unpaired) electrons. The summed E-state index contributed by atoms with van der Waals surface area (Å²) < 4.78 is 0. The minimum atomic E-state index is 0.318. The highest BCUT2D eigenvalue weighted by atomic mass is 32.1. The highest BCUT2D eigenvalue weighted by Crippen LogP contribution is 2.29. The van der Waals surface area contributed by atoms with Gasteiger partial charge in [-0.15, -0.1) is 11.3 Å². The Bertz CT molecular complexity index is 747. The van der Waals surface area contributed by atoms with Crippen molar-refractivity contribution in [3.05, 3.63) is 46.2 Å². The molecule has 0 saturated carbocycles. The quantitative estimate of drug-likeness (QED) is 0.812. The normalized spacial score (nSPS) is 23.2. The lowest BCUT2D eigenvalue weighted by molar-refractivity contribution is -0.135. The molecule has 5 heterocycles. The van der Waals surface area contributed by atoms with Gasteiger partial charge in [-0.25, -0.2) is 4.98 Å². The first-order valence-corrected chi connectivity index (χ1v) is 10.4. The van der Waals surface area contributed by atoms with Crippen LogP contribution in [0.15, 0.2) is 30.0 Å². The van der Waals surface area contributed by atoms with E-state index in [4.69, 9.17) is 0 Å². The number of nitrogens with zero attached hydrogens (tertiary/aromatic N) is 4. The highest BCUT2D eigenvalue weighted by molar-refractivity contribution is 7.09. The molecule has 5 rings (SSSR count). The molecular formula is C20H26N4OS. The predicted molar refractivity (Wildman–Crippen MR) is 103 cm³/mol. The van der Waals surface area contributed by atoms with Gasteiger partial charge in [-0.05, 0) is 49.8 Å². The van der Waals surface area contributed by atoms with Gasteiger partial charge in [0.2, 0.25) is 5.91 Å². The second kappa shape index (κ2) is 7.84. The van der Waals surface area contributed by atoms with Crippen molar-refractivity contribution in [2.45, 2.75) is 45.2 Å². The van der Waals surface area contributed by atoms with Crippen molar-refractivity contribution >= 4 is 17.2 Å². The number of amides is 1. The minimum absolute atomic E-state index is 0.318. The predicted octanol–water partition coefficient (Wildman–Crippen LogP) is 2.90. The number of rotatable bonds is 5. The first-order chi connectivity index (χ1) is 12.7. The lowest BCUT2D eigenvalue weighted by atomic mass is 9.94. The molecule has 3 saturated heterocycles. The van der Waals surface area contributed by atoms with Crippen molar-refractivity contribution in [1.82, 2.24) is 19.8 Å². The molecule has 0 N–H and O–H groups in total. The van der Waals surface area contributed by atoms with Gasteiger partial charge in [-0.2, -0.15) is 0 Å². The Labute approximate surface area is 159 Å². The van der Waals surface area contributed by atoms with Gasteiger partial charge in [0.15, 0.2) is 0 Å². The Balaban J connectivity index is 1.38. The zero-order valence-corrected chi connectivity index (χ0v) is 16.1. The Hall–Kier alpha value is -1.79. The second-order valence-electron chi connectivity index (χ2n) is 7.55. The maximum atomic E-state index is 12.9. The fraction of sp³-hybridized carbons (Fsp3) is 0.550. The van der Waals surface area contributed by atoms with Crippen molar-refractivity contribution in [1.29, 1.82) is 0 Å². The van der Waals surface area contributed by atoms with Crippen LogP contribution in [0.1, 0.15) is 35.4 Å². The van der Waals surface area contributed by atoms with E-state index in [0.29, 0.717) is 24.3 Å². The zero-order chi connectivity index (χ0) is 17.9. The number of pyridine rings is 1. The van der Waals surface area contributed by atoms with Gasteiger partial charge in [-0.3, -0.25) is 14.7 Å². The molecular weight excluding hydrogens is 344 g/mol. The van der Waals surface area contributed by atoms with Crippen molar-refractivity contribution in [2.75, 3.05) is 19.6 Å². The minimum Gasteiger partial charge on any atom is -0.338 e. The van der Waals surface area contributed by atoms with Gasteiger partial charge >= 0.3 is 0 Å². The van der Waals surface area contributed by atoms with Crippen molar-refractivity contribution in [3.63, 3.8) is 0 Å². The van der Waals surface area contributed by atoms with E-state index >= 15 is 0 Å². The first kappa shape index (κ1) is 17.6. The molecule has 26 heavy (non-hydrogen) atoms. The Kier molecular flexibility index (Phi) is 5.31. The molecule has 2 atom stereocenters. The van der Waals surface area contributed by atoms with Crippen LogP contribution in [0.25, 0.3) is 0 Å². The molecule has 2 aromatic heterocycles. The van der Waals surface area contributed by atoms with E-state index in [1.807, 2.05) is 24.8 Å². The summed E-state index contributed by atoms with van der Waals surface area (Å²) in [5.41, 5.74) is 4.25. The lowest BCUT2D eigenvalue weighted by Crippen LogP contribution is -2.47. The average molecular weight is 371 g/mol. The number of aromatic nitrogens is 2. The fourth-order valence-electron chi connectivity index (χ4n) is 4.29. The average Bonchev–Trinajstić information content (AvgIpc) is 2.87. The molecule has 5 nitrogen and oxygen atoms in total. The molecule has 0 unspecified atom stereocenters. The number of hydrogen-bond donors (Lipinski definition) is 0. The number of carbonyl (C=O) groups excluding carboxylic acids is 1. The number of aryl methyl sites for hydroxylation is 2. The number of fused-ring (bicyclic) bond motifs is 4. The van der Waals surface area contributed by atoms with Crippen molar-refractivity contribution < 1.29 is 4.79 Å². The van der Waals surface area contributed by atoms with Gasteiger partial charge in [0, 0.05) is 55.9 Å². The summed E-state index contributed by atoms with van der Waals surface area (Å²) in [5, 5.41) is 0. The second-order valence-corrected chi connectivity index (χ2v) is 8.49. The summed E-state index contributed by atoms with van der Waals surface area (Å²) >= 11 is 1.66. The van der Waals surface area contributed by atoms with Gasteiger partial charge in [0.25, 0.3) is 0 Å². The van der Waals surface area contributed by atoms with Crippen LogP contribution in [0.4, 0.5) is 0 Å². The monoisotopic (exact) mass is 370 g/mol. The van der Waals surface area contributed by atoms with Crippen LogP contribution in [0.5, 0.6) is 0 Å². The van der Waals surface area contributed by atoms with Crippen LogP contribution in [0, 0.1) is 12.8 Å². The largest absolute Gasteiger partial charge is 0.338 e. The maximum Gasteiger partial charge on any atom is 0.223 e. The Morgan fingerprint density at radius 2 is 2.08 bits per heavy atom. The molecule has 2 aromatic rings. The summed E-state index contributed by atoms with van der Waals surface area (Å²) in [7, 11) is 0. The number of piperidine rings is 1. The molecule has 1 amide bonds. The summed E-state index contributed by atoms with van der Waals surface area (Å²) in [6.45, 7) is 6.00. The van der Waals surface area contributed by atoms with Gasteiger partial charge in [-0.1, -0.05) is 0 Å². The third kappa shape index (κ3) is 3.96. The standard InChI is InChI=1S/C20H26N4OS/c1-15-19(26-14-22-15)4-5-20(25)24-12-17-2-3-18(24)13-23(11-17)10-16-6-8-21-9-7-16/h6-9,14,17-18H,2-5,10-13H2,1H3/t17-,18+/m0/s1. The third-order valence-electron chi connectivity index (χ3n) is 5.68. The zero-order valence-electron chi connectivity index (χ0n) is 15.3. The molecule has 6 heteroatoms. The lowest BCUT2D eigenvalue weighted by Gasteiger charge is -2.36. The summed E-state index contributed by atoms with van der Waals surface area (Å²) in [6, 6.07) is 4.55. The molecule has 2 bridgehead atoms. The topological polar surface area (TPSA) is 49.3 Å². The van der Waals surface area contributed by atoms with Crippen LogP contribution in [0.2, 0.25) is 0 Å².